The van der Waals surface area contributed by atoms with Crippen LogP contribution in [0, 0.1) is 11.7 Å². The third-order valence-electron chi connectivity index (χ3n) is 2.97. The van der Waals surface area contributed by atoms with Crippen LogP contribution in [-0.4, -0.2) is 31.2 Å². The highest BCUT2D eigenvalue weighted by Gasteiger charge is 2.16. The van der Waals surface area contributed by atoms with Gasteiger partial charge in [0.2, 0.25) is 0 Å². The Bertz CT molecular complexity index is 489. The van der Waals surface area contributed by atoms with Crippen molar-refractivity contribution < 1.29 is 18.7 Å². The molecular weight excluding hydrogens is 287 g/mol. The lowest BCUT2D eigenvalue weighted by atomic mass is 10.0. The van der Waals surface area contributed by atoms with Crippen molar-refractivity contribution in [1.82, 2.24) is 10.6 Å². The van der Waals surface area contributed by atoms with E-state index in [1.165, 1.54) is 24.3 Å². The molecule has 0 aliphatic rings. The van der Waals surface area contributed by atoms with E-state index in [1.807, 2.05) is 13.8 Å². The van der Waals surface area contributed by atoms with Gasteiger partial charge in [0.15, 0.2) is 0 Å². The first-order chi connectivity index (χ1) is 10.4. The number of carbonyl (C=O) groups is 2. The summed E-state index contributed by atoms with van der Waals surface area (Å²) >= 11 is 0. The monoisotopic (exact) mass is 310 g/mol. The SMILES string of the molecule is CCOC(=O)N[C@@H](CNC(=O)c1ccc(F)cc1)CC(C)C. The molecule has 5 nitrogen and oxygen atoms in total. The Morgan fingerprint density at radius 1 is 1.23 bits per heavy atom. The van der Waals surface area contributed by atoms with E-state index in [1.54, 1.807) is 6.92 Å². The Kier molecular flexibility index (Phi) is 7.36. The minimum atomic E-state index is -0.496. The quantitative estimate of drug-likeness (QED) is 0.813. The average molecular weight is 310 g/mol. The molecule has 122 valence electrons. The maximum atomic E-state index is 12.8. The van der Waals surface area contributed by atoms with Crippen LogP contribution in [0.15, 0.2) is 24.3 Å². The number of halogens is 1. The molecule has 0 unspecified atom stereocenters. The molecule has 2 N–H and O–H groups in total. The van der Waals surface area contributed by atoms with E-state index in [0.29, 0.717) is 24.5 Å². The first kappa shape index (κ1) is 17.9. The number of hydrogen-bond acceptors (Lipinski definition) is 3. The third-order valence-corrected chi connectivity index (χ3v) is 2.97. The minimum absolute atomic E-state index is 0.219. The second-order valence-electron chi connectivity index (χ2n) is 5.41. The summed E-state index contributed by atoms with van der Waals surface area (Å²) in [6, 6.07) is 5.08. The van der Waals surface area contributed by atoms with E-state index in [0.717, 1.165) is 0 Å². The van der Waals surface area contributed by atoms with Crippen LogP contribution in [-0.2, 0) is 4.74 Å². The fourth-order valence-electron chi connectivity index (χ4n) is 2.02. The zero-order chi connectivity index (χ0) is 16.5. The highest BCUT2D eigenvalue weighted by atomic mass is 19.1. The number of hydrogen-bond donors (Lipinski definition) is 2. The molecule has 0 saturated carbocycles. The second-order valence-corrected chi connectivity index (χ2v) is 5.41. The normalized spacial score (nSPS) is 11.9. The van der Waals surface area contributed by atoms with E-state index < -0.39 is 11.9 Å². The third kappa shape index (κ3) is 6.56. The van der Waals surface area contributed by atoms with Gasteiger partial charge in [-0.3, -0.25) is 4.79 Å². The van der Waals surface area contributed by atoms with Crippen molar-refractivity contribution in [3.8, 4) is 0 Å². The molecule has 0 aliphatic carbocycles. The minimum Gasteiger partial charge on any atom is -0.450 e. The van der Waals surface area contributed by atoms with Crippen LogP contribution in [0.5, 0.6) is 0 Å². The molecule has 1 aromatic rings. The molecule has 0 spiro atoms. The molecule has 1 atom stereocenters. The predicted octanol–water partition coefficient (Wildman–Crippen LogP) is 2.72. The molecule has 6 heteroatoms. The summed E-state index contributed by atoms with van der Waals surface area (Å²) in [6.07, 6.45) is 0.215. The highest BCUT2D eigenvalue weighted by Crippen LogP contribution is 2.06. The number of nitrogens with one attached hydrogen (secondary N) is 2. The summed E-state index contributed by atoms with van der Waals surface area (Å²) in [5.74, 6) is -0.340. The molecule has 0 bridgehead atoms. The van der Waals surface area contributed by atoms with E-state index in [4.69, 9.17) is 4.74 Å². The van der Waals surface area contributed by atoms with Gasteiger partial charge in [-0.1, -0.05) is 13.8 Å². The van der Waals surface area contributed by atoms with Gasteiger partial charge in [-0.25, -0.2) is 9.18 Å². The first-order valence-corrected chi connectivity index (χ1v) is 7.39. The molecule has 0 heterocycles. The summed E-state index contributed by atoms with van der Waals surface area (Å²) < 4.78 is 17.7. The van der Waals surface area contributed by atoms with Gasteiger partial charge in [-0.05, 0) is 43.5 Å². The van der Waals surface area contributed by atoms with E-state index in [9.17, 15) is 14.0 Å². The van der Waals surface area contributed by atoms with Gasteiger partial charge < -0.3 is 15.4 Å². The van der Waals surface area contributed by atoms with Gasteiger partial charge in [0, 0.05) is 18.2 Å². The first-order valence-electron chi connectivity index (χ1n) is 7.39. The van der Waals surface area contributed by atoms with Crippen LogP contribution in [0.3, 0.4) is 0 Å². The molecule has 0 aromatic heterocycles. The van der Waals surface area contributed by atoms with Crippen LogP contribution in [0.2, 0.25) is 0 Å². The van der Waals surface area contributed by atoms with Gasteiger partial charge in [0.25, 0.3) is 5.91 Å². The smallest absolute Gasteiger partial charge is 0.407 e. The highest BCUT2D eigenvalue weighted by molar-refractivity contribution is 5.94. The van der Waals surface area contributed by atoms with Gasteiger partial charge >= 0.3 is 6.09 Å². The lowest BCUT2D eigenvalue weighted by Crippen LogP contribution is -2.44. The zero-order valence-corrected chi connectivity index (χ0v) is 13.2. The van der Waals surface area contributed by atoms with Crippen molar-refractivity contribution in [3.05, 3.63) is 35.6 Å². The van der Waals surface area contributed by atoms with Crippen molar-refractivity contribution in [2.24, 2.45) is 5.92 Å². The standard InChI is InChI=1S/C16H23FN2O3/c1-4-22-16(21)19-14(9-11(2)3)10-18-15(20)12-5-7-13(17)8-6-12/h5-8,11,14H,4,9-10H2,1-3H3,(H,18,20)(H,19,21)/t14-/m1/s1. The van der Waals surface area contributed by atoms with Crippen molar-refractivity contribution in [1.29, 1.82) is 0 Å². The molecule has 0 aliphatic heterocycles. The van der Waals surface area contributed by atoms with E-state index in [-0.39, 0.29) is 18.5 Å². The van der Waals surface area contributed by atoms with Crippen molar-refractivity contribution in [2.75, 3.05) is 13.2 Å². The Morgan fingerprint density at radius 3 is 2.41 bits per heavy atom. The van der Waals surface area contributed by atoms with Gasteiger partial charge in [0.1, 0.15) is 5.82 Å². The van der Waals surface area contributed by atoms with Gasteiger partial charge in [-0.2, -0.15) is 0 Å². The van der Waals surface area contributed by atoms with Crippen molar-refractivity contribution in [3.63, 3.8) is 0 Å². The number of benzene rings is 1. The van der Waals surface area contributed by atoms with E-state index in [2.05, 4.69) is 10.6 Å². The summed E-state index contributed by atoms with van der Waals surface area (Å²) in [5, 5.41) is 5.47. The summed E-state index contributed by atoms with van der Waals surface area (Å²) in [4.78, 5) is 23.5. The molecule has 0 fully saturated rings. The van der Waals surface area contributed by atoms with Crippen molar-refractivity contribution >= 4 is 12.0 Å². The van der Waals surface area contributed by atoms with E-state index >= 15 is 0 Å². The Morgan fingerprint density at radius 2 is 1.86 bits per heavy atom. The summed E-state index contributed by atoms with van der Waals surface area (Å²) in [7, 11) is 0. The molecule has 1 rings (SSSR count). The van der Waals surface area contributed by atoms with Crippen LogP contribution in [0.4, 0.5) is 9.18 Å². The topological polar surface area (TPSA) is 67.4 Å². The maximum Gasteiger partial charge on any atom is 0.407 e. The fraction of sp³-hybridized carbons (Fsp3) is 0.500. The number of ether oxygens (including phenoxy) is 1. The van der Waals surface area contributed by atoms with Gasteiger partial charge in [-0.15, -0.1) is 0 Å². The summed E-state index contributed by atoms with van der Waals surface area (Å²) in [5.41, 5.74) is 0.376. The van der Waals surface area contributed by atoms with Gasteiger partial charge in [0.05, 0.1) is 6.61 Å². The average Bonchev–Trinajstić information content (AvgIpc) is 2.45. The summed E-state index contributed by atoms with van der Waals surface area (Å²) in [6.45, 7) is 6.37. The molecule has 2 amide bonds. The number of amides is 2. The zero-order valence-electron chi connectivity index (χ0n) is 13.2. The largest absolute Gasteiger partial charge is 0.450 e. The maximum absolute atomic E-state index is 12.8. The van der Waals surface area contributed by atoms with Crippen LogP contribution in [0.1, 0.15) is 37.6 Å². The van der Waals surface area contributed by atoms with Crippen LogP contribution >= 0.6 is 0 Å². The molecule has 0 saturated heterocycles. The lowest BCUT2D eigenvalue weighted by molar-refractivity contribution is 0.0944. The number of rotatable bonds is 7. The second kappa shape index (κ2) is 9.02. The predicted molar refractivity (Wildman–Crippen MR) is 82.1 cm³/mol. The Balaban J connectivity index is 2.56. The molecule has 1 aromatic carbocycles. The number of alkyl carbamates (subject to hydrolysis) is 1. The Hall–Kier alpha value is -2.11. The number of carbonyl (C=O) groups excluding carboxylic acids is 2. The molecule has 22 heavy (non-hydrogen) atoms. The van der Waals surface area contributed by atoms with Crippen LogP contribution in [0.25, 0.3) is 0 Å². The van der Waals surface area contributed by atoms with Crippen molar-refractivity contribution in [2.45, 2.75) is 33.2 Å². The molecular formula is C16H23FN2O3. The lowest BCUT2D eigenvalue weighted by Gasteiger charge is -2.20. The fourth-order valence-corrected chi connectivity index (χ4v) is 2.02. The van der Waals surface area contributed by atoms with Crippen LogP contribution < -0.4 is 10.6 Å². The molecule has 0 radical (unpaired) electrons. The Labute approximate surface area is 130 Å².